The molecule has 4 rings (SSSR count). The van der Waals surface area contributed by atoms with E-state index in [1.54, 1.807) is 0 Å². The Morgan fingerprint density at radius 1 is 1.16 bits per heavy atom. The zero-order valence-electron chi connectivity index (χ0n) is 19.1. The van der Waals surface area contributed by atoms with E-state index in [2.05, 4.69) is 69.5 Å². The van der Waals surface area contributed by atoms with Crippen molar-refractivity contribution >= 4 is 11.8 Å². The first-order valence-electron chi connectivity index (χ1n) is 11.1. The lowest BCUT2D eigenvalue weighted by atomic mass is 9.90. The van der Waals surface area contributed by atoms with E-state index >= 15 is 0 Å². The van der Waals surface area contributed by atoms with Crippen molar-refractivity contribution in [1.82, 2.24) is 20.5 Å². The topological polar surface area (TPSA) is 65.0 Å². The largest absolute Gasteiger partial charge is 0.487 e. The van der Waals surface area contributed by atoms with Gasteiger partial charge in [0.25, 0.3) is 0 Å². The molecule has 166 valence electrons. The normalized spacial score (nSPS) is 21.2. The summed E-state index contributed by atoms with van der Waals surface area (Å²) < 4.78 is 6.17. The summed E-state index contributed by atoms with van der Waals surface area (Å²) in [7, 11) is 3.99. The Balaban J connectivity index is 1.45. The number of anilines is 1. The van der Waals surface area contributed by atoms with Gasteiger partial charge in [0, 0.05) is 63.5 Å². The number of likely N-dealkylation sites (N-methyl/N-ethyl adjacent to an activating group) is 1. The number of aliphatic imine (C=N–C) groups is 1. The average Bonchev–Trinajstić information content (AvgIpc) is 2.76. The molecule has 2 N–H and O–H groups in total. The van der Waals surface area contributed by atoms with Crippen molar-refractivity contribution in [3.63, 3.8) is 0 Å². The van der Waals surface area contributed by atoms with Crippen LogP contribution in [-0.4, -0.2) is 61.7 Å². The maximum atomic E-state index is 6.17. The molecule has 2 aliphatic rings. The molecule has 0 radical (unpaired) electrons. The van der Waals surface area contributed by atoms with E-state index in [-0.39, 0.29) is 11.6 Å². The number of guanidine groups is 1. The summed E-state index contributed by atoms with van der Waals surface area (Å²) in [4.78, 5) is 13.9. The molecule has 2 aliphatic heterocycles. The number of para-hydroxylation sites is 1. The summed E-state index contributed by atoms with van der Waals surface area (Å²) in [5, 5.41) is 7.11. The van der Waals surface area contributed by atoms with Gasteiger partial charge in [0.05, 0.1) is 6.04 Å². The molecule has 7 nitrogen and oxygen atoms in total. The zero-order valence-corrected chi connectivity index (χ0v) is 19.1. The first kappa shape index (κ1) is 21.4. The number of piperazine rings is 1. The molecule has 1 saturated heterocycles. The van der Waals surface area contributed by atoms with E-state index in [0.29, 0.717) is 6.54 Å². The van der Waals surface area contributed by atoms with Gasteiger partial charge in [-0.2, -0.15) is 0 Å². The Hall–Kier alpha value is -2.80. The van der Waals surface area contributed by atoms with Gasteiger partial charge < -0.3 is 25.2 Å². The molecule has 1 aromatic heterocycles. The summed E-state index contributed by atoms with van der Waals surface area (Å²) in [6, 6.07) is 12.5. The van der Waals surface area contributed by atoms with Crippen molar-refractivity contribution in [3.05, 3.63) is 53.7 Å². The fourth-order valence-electron chi connectivity index (χ4n) is 4.34. The number of rotatable bonds is 4. The molecule has 0 saturated carbocycles. The third-order valence-electron chi connectivity index (χ3n) is 6.03. The van der Waals surface area contributed by atoms with Crippen LogP contribution < -0.4 is 20.3 Å². The standard InChI is InChI=1S/C24H34N6O/c1-24(2)16-20(19-9-5-6-10-21(19)31-24)28-23(25-3)27-17-18-8-7-11-26-22(18)30-14-12-29(4)13-15-30/h5-11,20H,12-17H2,1-4H3,(H2,25,27,28). The average molecular weight is 423 g/mol. The quantitative estimate of drug-likeness (QED) is 0.584. The van der Waals surface area contributed by atoms with Crippen LogP contribution >= 0.6 is 0 Å². The number of hydrogen-bond acceptors (Lipinski definition) is 5. The van der Waals surface area contributed by atoms with E-state index in [9.17, 15) is 0 Å². The zero-order chi connectivity index (χ0) is 21.8. The smallest absolute Gasteiger partial charge is 0.191 e. The Morgan fingerprint density at radius 3 is 2.71 bits per heavy atom. The molecule has 1 fully saturated rings. The number of fused-ring (bicyclic) bond motifs is 1. The molecule has 1 unspecified atom stereocenters. The minimum absolute atomic E-state index is 0.136. The van der Waals surface area contributed by atoms with Gasteiger partial charge >= 0.3 is 0 Å². The van der Waals surface area contributed by atoms with Crippen LogP contribution in [0.15, 0.2) is 47.6 Å². The lowest BCUT2D eigenvalue weighted by Crippen LogP contribution is -2.46. The van der Waals surface area contributed by atoms with Crippen molar-refractivity contribution in [1.29, 1.82) is 0 Å². The SMILES string of the molecule is CN=C(NCc1cccnc1N1CCN(C)CC1)NC1CC(C)(C)Oc2ccccc21. The molecular formula is C24H34N6O. The Kier molecular flexibility index (Phi) is 6.32. The van der Waals surface area contributed by atoms with E-state index in [1.165, 1.54) is 11.1 Å². The lowest BCUT2D eigenvalue weighted by molar-refractivity contribution is 0.0694. The third-order valence-corrected chi connectivity index (χ3v) is 6.03. The Labute approximate surface area is 185 Å². The molecule has 1 atom stereocenters. The van der Waals surface area contributed by atoms with Gasteiger partial charge in [-0.25, -0.2) is 4.98 Å². The number of benzene rings is 1. The molecule has 0 bridgehead atoms. The fourth-order valence-corrected chi connectivity index (χ4v) is 4.34. The van der Waals surface area contributed by atoms with Gasteiger partial charge in [-0.1, -0.05) is 24.3 Å². The monoisotopic (exact) mass is 422 g/mol. The number of nitrogens with one attached hydrogen (secondary N) is 2. The van der Waals surface area contributed by atoms with E-state index in [1.807, 2.05) is 31.4 Å². The first-order valence-corrected chi connectivity index (χ1v) is 11.1. The fraction of sp³-hybridized carbons (Fsp3) is 0.500. The van der Waals surface area contributed by atoms with Gasteiger partial charge in [-0.3, -0.25) is 4.99 Å². The van der Waals surface area contributed by atoms with Crippen molar-refractivity contribution in [3.8, 4) is 5.75 Å². The van der Waals surface area contributed by atoms with Crippen LogP contribution in [0.25, 0.3) is 0 Å². The van der Waals surface area contributed by atoms with Crippen molar-refractivity contribution in [2.75, 3.05) is 45.2 Å². The summed E-state index contributed by atoms with van der Waals surface area (Å²) in [5.74, 6) is 2.79. The van der Waals surface area contributed by atoms with Crippen LogP contribution in [0.3, 0.4) is 0 Å². The van der Waals surface area contributed by atoms with Gasteiger partial charge in [0.2, 0.25) is 0 Å². The van der Waals surface area contributed by atoms with Crippen LogP contribution in [0.2, 0.25) is 0 Å². The van der Waals surface area contributed by atoms with Crippen molar-refractivity contribution < 1.29 is 4.74 Å². The second-order valence-electron chi connectivity index (χ2n) is 9.00. The van der Waals surface area contributed by atoms with Crippen LogP contribution in [-0.2, 0) is 6.54 Å². The molecule has 0 spiro atoms. The second kappa shape index (κ2) is 9.14. The summed E-state index contributed by atoms with van der Waals surface area (Å²) in [6.45, 7) is 9.06. The number of ether oxygens (including phenoxy) is 1. The number of pyridine rings is 1. The van der Waals surface area contributed by atoms with Crippen molar-refractivity contribution in [2.24, 2.45) is 4.99 Å². The highest BCUT2D eigenvalue weighted by atomic mass is 16.5. The van der Waals surface area contributed by atoms with Gasteiger partial charge in [-0.05, 0) is 33.0 Å². The third kappa shape index (κ3) is 5.10. The van der Waals surface area contributed by atoms with E-state index in [0.717, 1.165) is 50.1 Å². The summed E-state index contributed by atoms with van der Waals surface area (Å²) >= 11 is 0. The van der Waals surface area contributed by atoms with Crippen LogP contribution in [0.1, 0.15) is 37.4 Å². The van der Waals surface area contributed by atoms with Gasteiger partial charge in [0.15, 0.2) is 5.96 Å². The summed E-state index contributed by atoms with van der Waals surface area (Å²) in [5.41, 5.74) is 2.12. The summed E-state index contributed by atoms with van der Waals surface area (Å²) in [6.07, 6.45) is 2.75. The first-order chi connectivity index (χ1) is 14.9. The molecular weight excluding hydrogens is 388 g/mol. The van der Waals surface area contributed by atoms with Crippen LogP contribution in [0.4, 0.5) is 5.82 Å². The maximum Gasteiger partial charge on any atom is 0.191 e. The number of aromatic nitrogens is 1. The predicted octanol–water partition coefficient (Wildman–Crippen LogP) is 2.80. The second-order valence-corrected chi connectivity index (χ2v) is 9.00. The highest BCUT2D eigenvalue weighted by molar-refractivity contribution is 5.80. The molecule has 7 heteroatoms. The molecule has 1 aromatic carbocycles. The molecule has 3 heterocycles. The Morgan fingerprint density at radius 2 is 1.94 bits per heavy atom. The Bertz CT molecular complexity index is 920. The van der Waals surface area contributed by atoms with Crippen molar-refractivity contribution in [2.45, 2.75) is 38.5 Å². The lowest BCUT2D eigenvalue weighted by Gasteiger charge is -2.38. The van der Waals surface area contributed by atoms with Crippen LogP contribution in [0.5, 0.6) is 5.75 Å². The van der Waals surface area contributed by atoms with E-state index < -0.39 is 0 Å². The molecule has 2 aromatic rings. The highest BCUT2D eigenvalue weighted by Gasteiger charge is 2.34. The predicted molar refractivity (Wildman–Crippen MR) is 126 cm³/mol. The van der Waals surface area contributed by atoms with Crippen LogP contribution in [0, 0.1) is 0 Å². The van der Waals surface area contributed by atoms with E-state index in [4.69, 9.17) is 4.74 Å². The molecule has 0 amide bonds. The minimum atomic E-state index is -0.233. The molecule has 31 heavy (non-hydrogen) atoms. The number of hydrogen-bond donors (Lipinski definition) is 2. The molecule has 0 aliphatic carbocycles. The number of nitrogens with zero attached hydrogens (tertiary/aromatic N) is 4. The minimum Gasteiger partial charge on any atom is -0.487 e. The van der Waals surface area contributed by atoms with Gasteiger partial charge in [-0.15, -0.1) is 0 Å². The van der Waals surface area contributed by atoms with Gasteiger partial charge in [0.1, 0.15) is 17.2 Å². The highest BCUT2D eigenvalue weighted by Crippen LogP contribution is 2.39. The maximum absolute atomic E-state index is 6.17.